The second-order valence-electron chi connectivity index (χ2n) is 7.52. The molecule has 0 saturated heterocycles. The summed E-state index contributed by atoms with van der Waals surface area (Å²) in [4.78, 5) is 24.0. The Balaban J connectivity index is 1.92. The molecular formula is C21H22N2O4. The Hall–Kier alpha value is -3.15. The van der Waals surface area contributed by atoms with Gasteiger partial charge in [-0.05, 0) is 16.3 Å². The van der Waals surface area contributed by atoms with Gasteiger partial charge in [0.25, 0.3) is 5.91 Å². The largest absolute Gasteiger partial charge is 0.481 e. The summed E-state index contributed by atoms with van der Waals surface area (Å²) in [6.07, 6.45) is -0.232. The first-order valence-electron chi connectivity index (χ1n) is 8.73. The van der Waals surface area contributed by atoms with Crippen molar-refractivity contribution in [3.63, 3.8) is 0 Å². The highest BCUT2D eigenvalue weighted by Crippen LogP contribution is 2.27. The minimum atomic E-state index is -0.997. The molecule has 0 spiro atoms. The van der Waals surface area contributed by atoms with Crippen molar-refractivity contribution in [1.82, 2.24) is 10.5 Å². The molecule has 6 nitrogen and oxygen atoms in total. The zero-order valence-electron chi connectivity index (χ0n) is 15.5. The first-order valence-corrected chi connectivity index (χ1v) is 8.73. The van der Waals surface area contributed by atoms with Crippen LogP contribution in [0.3, 0.4) is 0 Å². The highest BCUT2D eigenvalue weighted by molar-refractivity contribution is 5.94. The highest BCUT2D eigenvalue weighted by atomic mass is 16.5. The molecule has 2 aromatic carbocycles. The number of aliphatic carboxylic acids is 1. The van der Waals surface area contributed by atoms with E-state index in [0.717, 1.165) is 16.3 Å². The molecule has 140 valence electrons. The van der Waals surface area contributed by atoms with Gasteiger partial charge in [0, 0.05) is 11.5 Å². The Morgan fingerprint density at radius 3 is 2.52 bits per heavy atom. The standard InChI is InChI=1S/C21H22N2O4/c1-21(2,3)18-11-17(23-27-18)20(26)22-16(12-19(24)25)15-10-6-8-13-7-4-5-9-14(13)15/h4-11,16H,12H2,1-3H3,(H,22,26)(H,24,25)/t16-/m1/s1. The summed E-state index contributed by atoms with van der Waals surface area (Å²) < 4.78 is 5.26. The summed E-state index contributed by atoms with van der Waals surface area (Å²) >= 11 is 0. The van der Waals surface area contributed by atoms with Crippen LogP contribution in [0.5, 0.6) is 0 Å². The molecule has 27 heavy (non-hydrogen) atoms. The fraction of sp³-hybridized carbons (Fsp3) is 0.286. The van der Waals surface area contributed by atoms with Gasteiger partial charge in [0.2, 0.25) is 0 Å². The summed E-state index contributed by atoms with van der Waals surface area (Å²) in [6, 6.07) is 14.2. The summed E-state index contributed by atoms with van der Waals surface area (Å²) in [5.41, 5.74) is 0.612. The first kappa shape index (κ1) is 18.6. The maximum absolute atomic E-state index is 12.7. The van der Waals surface area contributed by atoms with E-state index < -0.39 is 17.9 Å². The number of hydrogen-bond donors (Lipinski definition) is 2. The van der Waals surface area contributed by atoms with Crippen molar-refractivity contribution in [1.29, 1.82) is 0 Å². The number of nitrogens with one attached hydrogen (secondary N) is 1. The molecule has 6 heteroatoms. The van der Waals surface area contributed by atoms with Crippen LogP contribution >= 0.6 is 0 Å². The van der Waals surface area contributed by atoms with Crippen LogP contribution in [-0.2, 0) is 10.2 Å². The second kappa shape index (κ2) is 7.23. The summed E-state index contributed by atoms with van der Waals surface area (Å²) in [5, 5.41) is 17.8. The van der Waals surface area contributed by atoms with Crippen LogP contribution in [0.15, 0.2) is 53.1 Å². The second-order valence-corrected chi connectivity index (χ2v) is 7.52. The fourth-order valence-electron chi connectivity index (χ4n) is 2.94. The van der Waals surface area contributed by atoms with Crippen molar-refractivity contribution >= 4 is 22.6 Å². The Kier molecular flexibility index (Phi) is 4.99. The van der Waals surface area contributed by atoms with Crippen LogP contribution < -0.4 is 5.32 Å². The Morgan fingerprint density at radius 1 is 1.15 bits per heavy atom. The number of carboxylic acid groups (broad SMARTS) is 1. The molecule has 1 heterocycles. The number of fused-ring (bicyclic) bond motifs is 1. The molecule has 1 atom stereocenters. The topological polar surface area (TPSA) is 92.4 Å². The molecule has 1 aromatic heterocycles. The van der Waals surface area contributed by atoms with E-state index in [1.165, 1.54) is 0 Å². The maximum Gasteiger partial charge on any atom is 0.305 e. The van der Waals surface area contributed by atoms with Gasteiger partial charge in [-0.2, -0.15) is 0 Å². The minimum Gasteiger partial charge on any atom is -0.481 e. The van der Waals surface area contributed by atoms with Gasteiger partial charge in [0.1, 0.15) is 5.76 Å². The van der Waals surface area contributed by atoms with Gasteiger partial charge in [-0.3, -0.25) is 9.59 Å². The SMILES string of the molecule is CC(C)(C)c1cc(C(=O)N[C@H](CC(=O)O)c2cccc3ccccc23)no1. The molecule has 0 fully saturated rings. The van der Waals surface area contributed by atoms with Crippen molar-refractivity contribution in [3.8, 4) is 0 Å². The zero-order valence-corrected chi connectivity index (χ0v) is 15.5. The molecule has 2 N–H and O–H groups in total. The van der Waals surface area contributed by atoms with Crippen molar-refractivity contribution in [3.05, 3.63) is 65.5 Å². The third kappa shape index (κ3) is 4.16. The van der Waals surface area contributed by atoms with E-state index in [9.17, 15) is 14.7 Å². The quantitative estimate of drug-likeness (QED) is 0.710. The Bertz CT molecular complexity index is 980. The number of carbonyl (C=O) groups is 2. The highest BCUT2D eigenvalue weighted by Gasteiger charge is 2.25. The van der Waals surface area contributed by atoms with Crippen LogP contribution in [0.2, 0.25) is 0 Å². The number of carbonyl (C=O) groups excluding carboxylic acids is 1. The number of carboxylic acids is 1. The van der Waals surface area contributed by atoms with E-state index in [2.05, 4.69) is 10.5 Å². The normalized spacial score (nSPS) is 12.7. The molecular weight excluding hydrogens is 344 g/mol. The molecule has 0 bridgehead atoms. The number of hydrogen-bond acceptors (Lipinski definition) is 4. The summed E-state index contributed by atoms with van der Waals surface area (Å²) in [5.74, 6) is -0.871. The van der Waals surface area contributed by atoms with Crippen molar-refractivity contribution in [2.75, 3.05) is 0 Å². The predicted molar refractivity (Wildman–Crippen MR) is 102 cm³/mol. The lowest BCUT2D eigenvalue weighted by molar-refractivity contribution is -0.137. The van der Waals surface area contributed by atoms with Crippen LogP contribution in [0.25, 0.3) is 10.8 Å². The summed E-state index contributed by atoms with van der Waals surface area (Å²) in [7, 11) is 0. The third-order valence-corrected chi connectivity index (χ3v) is 4.36. The number of aromatic nitrogens is 1. The van der Waals surface area contributed by atoms with Gasteiger partial charge in [0.05, 0.1) is 12.5 Å². The predicted octanol–water partition coefficient (Wildman–Crippen LogP) is 4.07. The lowest BCUT2D eigenvalue weighted by Crippen LogP contribution is -2.30. The van der Waals surface area contributed by atoms with Crippen LogP contribution in [0, 0.1) is 0 Å². The maximum atomic E-state index is 12.7. The van der Waals surface area contributed by atoms with Gasteiger partial charge in [-0.1, -0.05) is 68.4 Å². The monoisotopic (exact) mass is 366 g/mol. The van der Waals surface area contributed by atoms with Gasteiger partial charge in [-0.25, -0.2) is 0 Å². The molecule has 0 radical (unpaired) electrons. The molecule has 0 saturated carbocycles. The Morgan fingerprint density at radius 2 is 1.85 bits per heavy atom. The smallest absolute Gasteiger partial charge is 0.305 e. The van der Waals surface area contributed by atoms with Gasteiger partial charge in [-0.15, -0.1) is 0 Å². The average Bonchev–Trinajstić information content (AvgIpc) is 3.11. The van der Waals surface area contributed by atoms with Gasteiger partial charge < -0.3 is 14.9 Å². The molecule has 0 aliphatic rings. The first-order chi connectivity index (χ1) is 12.8. The van der Waals surface area contributed by atoms with Crippen molar-refractivity contribution in [2.45, 2.75) is 38.6 Å². The number of benzene rings is 2. The van der Waals surface area contributed by atoms with E-state index in [0.29, 0.717) is 5.76 Å². The Labute approximate surface area is 157 Å². The molecule has 0 aliphatic heterocycles. The van der Waals surface area contributed by atoms with Crippen LogP contribution in [-0.4, -0.2) is 22.1 Å². The molecule has 0 unspecified atom stereocenters. The van der Waals surface area contributed by atoms with Crippen molar-refractivity contribution < 1.29 is 19.2 Å². The zero-order chi connectivity index (χ0) is 19.6. The number of amides is 1. The molecule has 3 rings (SSSR count). The molecule has 1 amide bonds. The van der Waals surface area contributed by atoms with Gasteiger partial charge >= 0.3 is 5.97 Å². The average molecular weight is 366 g/mol. The third-order valence-electron chi connectivity index (χ3n) is 4.36. The fourth-order valence-corrected chi connectivity index (χ4v) is 2.94. The van der Waals surface area contributed by atoms with Crippen LogP contribution in [0.4, 0.5) is 0 Å². The lowest BCUT2D eigenvalue weighted by atomic mass is 9.93. The lowest BCUT2D eigenvalue weighted by Gasteiger charge is -2.19. The summed E-state index contributed by atoms with van der Waals surface area (Å²) in [6.45, 7) is 5.87. The van der Waals surface area contributed by atoms with E-state index >= 15 is 0 Å². The van der Waals surface area contributed by atoms with Gasteiger partial charge in [0.15, 0.2) is 5.69 Å². The van der Waals surface area contributed by atoms with Crippen molar-refractivity contribution in [2.24, 2.45) is 0 Å². The van der Waals surface area contributed by atoms with E-state index in [-0.39, 0.29) is 17.5 Å². The minimum absolute atomic E-state index is 0.135. The number of rotatable bonds is 5. The van der Waals surface area contributed by atoms with E-state index in [1.807, 2.05) is 63.2 Å². The number of nitrogens with zero attached hydrogens (tertiary/aromatic N) is 1. The van der Waals surface area contributed by atoms with Crippen LogP contribution in [0.1, 0.15) is 55.0 Å². The van der Waals surface area contributed by atoms with E-state index in [1.54, 1.807) is 6.07 Å². The van der Waals surface area contributed by atoms with E-state index in [4.69, 9.17) is 4.52 Å². The molecule has 3 aromatic rings. The molecule has 0 aliphatic carbocycles.